The summed E-state index contributed by atoms with van der Waals surface area (Å²) in [7, 11) is -2.77. The fourth-order valence-corrected chi connectivity index (χ4v) is 2.97. The van der Waals surface area contributed by atoms with Crippen LogP contribution in [0.4, 0.5) is 0 Å². The minimum atomic E-state index is -2.77. The zero-order chi connectivity index (χ0) is 9.35. The quantitative estimate of drug-likeness (QED) is 0.676. The molecule has 0 aromatic rings. The van der Waals surface area contributed by atoms with Crippen LogP contribution in [0.1, 0.15) is 33.1 Å². The van der Waals surface area contributed by atoms with Crippen LogP contribution in [-0.4, -0.2) is 19.9 Å². The van der Waals surface area contributed by atoms with Gasteiger partial charge in [-0.25, -0.2) is 4.21 Å². The first-order valence-corrected chi connectivity index (χ1v) is 6.24. The maximum Gasteiger partial charge on any atom is 0.0775 e. The summed E-state index contributed by atoms with van der Waals surface area (Å²) in [6, 6.07) is 0. The van der Waals surface area contributed by atoms with Gasteiger partial charge in [-0.2, -0.15) is 0 Å². The van der Waals surface area contributed by atoms with E-state index in [4.69, 9.17) is 0 Å². The largest absolute Gasteiger partial charge is 0.314 e. The minimum Gasteiger partial charge on any atom is -0.314 e. The number of rotatable bonds is 2. The standard InChI is InChI=1S/C9H18O2S/c1-7(2)8-4-5-9(6-8)12(3,10)11/h7-9H,3-6H2,1-2H3,(H,10,11). The van der Waals surface area contributed by atoms with Gasteiger partial charge < -0.3 is 4.55 Å². The van der Waals surface area contributed by atoms with E-state index in [-0.39, 0.29) is 5.25 Å². The van der Waals surface area contributed by atoms with Gasteiger partial charge in [0.25, 0.3) is 0 Å². The zero-order valence-electron chi connectivity index (χ0n) is 7.82. The maximum absolute atomic E-state index is 11.2. The van der Waals surface area contributed by atoms with E-state index in [1.54, 1.807) is 0 Å². The molecule has 0 radical (unpaired) electrons. The summed E-state index contributed by atoms with van der Waals surface area (Å²) in [6.07, 6.45) is 2.85. The van der Waals surface area contributed by atoms with Crippen molar-refractivity contribution >= 4 is 15.7 Å². The molecule has 1 N–H and O–H groups in total. The average Bonchev–Trinajstić information content (AvgIpc) is 2.30. The van der Waals surface area contributed by atoms with Crippen LogP contribution in [0.15, 0.2) is 0 Å². The summed E-state index contributed by atoms with van der Waals surface area (Å²) in [5, 5.41) is -0.0510. The van der Waals surface area contributed by atoms with E-state index in [0.717, 1.165) is 19.3 Å². The first kappa shape index (κ1) is 10.1. The van der Waals surface area contributed by atoms with E-state index in [0.29, 0.717) is 11.8 Å². The summed E-state index contributed by atoms with van der Waals surface area (Å²) >= 11 is 0. The molecule has 72 valence electrons. The second-order valence-corrected chi connectivity index (χ2v) is 6.18. The maximum atomic E-state index is 11.2. The summed E-state index contributed by atoms with van der Waals surface area (Å²) < 4.78 is 20.4. The molecule has 0 aliphatic heterocycles. The van der Waals surface area contributed by atoms with Crippen molar-refractivity contribution in [2.45, 2.75) is 38.4 Å². The van der Waals surface area contributed by atoms with Crippen molar-refractivity contribution in [3.63, 3.8) is 0 Å². The Kier molecular flexibility index (Phi) is 2.84. The third-order valence-electron chi connectivity index (χ3n) is 2.89. The second-order valence-electron chi connectivity index (χ2n) is 4.13. The molecule has 3 heteroatoms. The molecule has 1 aliphatic carbocycles. The molecule has 12 heavy (non-hydrogen) atoms. The van der Waals surface area contributed by atoms with Crippen molar-refractivity contribution in [3.8, 4) is 0 Å². The van der Waals surface area contributed by atoms with Crippen molar-refractivity contribution in [1.82, 2.24) is 0 Å². The molecule has 0 heterocycles. The fraction of sp³-hybridized carbons (Fsp3) is 0.889. The van der Waals surface area contributed by atoms with Crippen LogP contribution < -0.4 is 0 Å². The Balaban J connectivity index is 2.58. The van der Waals surface area contributed by atoms with E-state index in [2.05, 4.69) is 19.7 Å². The van der Waals surface area contributed by atoms with Crippen molar-refractivity contribution in [3.05, 3.63) is 0 Å². The van der Waals surface area contributed by atoms with Gasteiger partial charge in [0.05, 0.1) is 15.1 Å². The molecule has 3 atom stereocenters. The van der Waals surface area contributed by atoms with Gasteiger partial charge in [-0.1, -0.05) is 13.8 Å². The molecule has 2 nitrogen and oxygen atoms in total. The highest BCUT2D eigenvalue weighted by Crippen LogP contribution is 2.34. The number of hydrogen-bond donors (Lipinski definition) is 1. The van der Waals surface area contributed by atoms with Crippen molar-refractivity contribution < 1.29 is 8.76 Å². The predicted octanol–water partition coefficient (Wildman–Crippen LogP) is 2.00. The van der Waals surface area contributed by atoms with Crippen LogP contribution in [0.5, 0.6) is 0 Å². The molecule has 0 bridgehead atoms. The lowest BCUT2D eigenvalue weighted by molar-refractivity contribution is 0.395. The van der Waals surface area contributed by atoms with Crippen LogP contribution in [0.3, 0.4) is 0 Å². The Labute approximate surface area is 75.2 Å². The molecule has 0 aromatic carbocycles. The van der Waals surface area contributed by atoms with Gasteiger partial charge in [0.1, 0.15) is 0 Å². The van der Waals surface area contributed by atoms with Crippen LogP contribution in [-0.2, 0) is 9.80 Å². The highest BCUT2D eigenvalue weighted by atomic mass is 32.2. The highest BCUT2D eigenvalue weighted by Gasteiger charge is 2.30. The van der Waals surface area contributed by atoms with E-state index < -0.39 is 9.80 Å². The van der Waals surface area contributed by atoms with Gasteiger partial charge in [0, 0.05) is 0 Å². The molecule has 0 amide bonds. The lowest BCUT2D eigenvalue weighted by Gasteiger charge is -2.14. The predicted molar refractivity (Wildman–Crippen MR) is 53.9 cm³/mol. The van der Waals surface area contributed by atoms with E-state index >= 15 is 0 Å². The molecular weight excluding hydrogens is 172 g/mol. The summed E-state index contributed by atoms with van der Waals surface area (Å²) in [5.41, 5.74) is 0. The van der Waals surface area contributed by atoms with Crippen LogP contribution in [0.2, 0.25) is 0 Å². The Morgan fingerprint density at radius 1 is 1.50 bits per heavy atom. The molecule has 0 spiro atoms. The van der Waals surface area contributed by atoms with Gasteiger partial charge in [0.2, 0.25) is 0 Å². The van der Waals surface area contributed by atoms with Crippen molar-refractivity contribution in [2.75, 3.05) is 0 Å². The molecule has 1 aliphatic rings. The van der Waals surface area contributed by atoms with E-state index in [1.165, 1.54) is 0 Å². The Morgan fingerprint density at radius 3 is 2.33 bits per heavy atom. The molecule has 1 rings (SSSR count). The van der Waals surface area contributed by atoms with Gasteiger partial charge >= 0.3 is 0 Å². The Hall–Kier alpha value is -0.0200. The molecule has 0 saturated heterocycles. The molecule has 0 aromatic heterocycles. The van der Waals surface area contributed by atoms with Crippen LogP contribution >= 0.6 is 0 Å². The summed E-state index contributed by atoms with van der Waals surface area (Å²) in [6.45, 7) is 4.35. The minimum absolute atomic E-state index is 0.0510. The van der Waals surface area contributed by atoms with Gasteiger partial charge in [0.15, 0.2) is 0 Å². The van der Waals surface area contributed by atoms with Crippen molar-refractivity contribution in [1.29, 1.82) is 0 Å². The highest BCUT2D eigenvalue weighted by molar-refractivity contribution is 7.95. The molecule has 1 saturated carbocycles. The Morgan fingerprint density at radius 2 is 2.08 bits per heavy atom. The molecule has 1 fully saturated rings. The SMILES string of the molecule is C=S(=O)(O)C1CCC(C(C)C)C1. The van der Waals surface area contributed by atoms with E-state index in [9.17, 15) is 8.76 Å². The van der Waals surface area contributed by atoms with E-state index in [1.807, 2.05) is 0 Å². The monoisotopic (exact) mass is 190 g/mol. The van der Waals surface area contributed by atoms with Gasteiger partial charge in [-0.3, -0.25) is 0 Å². The normalized spacial score (nSPS) is 35.3. The smallest absolute Gasteiger partial charge is 0.0775 e. The van der Waals surface area contributed by atoms with Gasteiger partial charge in [-0.05, 0) is 37.0 Å². The first-order valence-electron chi connectivity index (χ1n) is 4.49. The second kappa shape index (κ2) is 3.38. The Bertz CT molecular complexity index is 241. The molecular formula is C9H18O2S. The fourth-order valence-electron chi connectivity index (χ4n) is 1.91. The lowest BCUT2D eigenvalue weighted by atomic mass is 9.95. The molecule has 3 unspecified atom stereocenters. The third-order valence-corrected chi connectivity index (χ3v) is 4.36. The average molecular weight is 190 g/mol. The topological polar surface area (TPSA) is 37.3 Å². The summed E-state index contributed by atoms with van der Waals surface area (Å²) in [4.78, 5) is 0. The van der Waals surface area contributed by atoms with Crippen LogP contribution in [0, 0.1) is 11.8 Å². The van der Waals surface area contributed by atoms with Crippen LogP contribution in [0.25, 0.3) is 0 Å². The van der Waals surface area contributed by atoms with Crippen molar-refractivity contribution in [2.24, 2.45) is 11.8 Å². The summed E-state index contributed by atoms with van der Waals surface area (Å²) in [5.74, 6) is 4.59. The third kappa shape index (κ3) is 2.23. The van der Waals surface area contributed by atoms with Gasteiger partial charge in [-0.15, -0.1) is 0 Å². The number of hydrogen-bond acceptors (Lipinski definition) is 1. The first-order chi connectivity index (χ1) is 5.41. The lowest BCUT2D eigenvalue weighted by Crippen LogP contribution is -2.17. The zero-order valence-corrected chi connectivity index (χ0v) is 8.64.